The Morgan fingerprint density at radius 3 is 2.33 bits per heavy atom. The maximum Gasteiger partial charge on any atom is 0.253 e. The van der Waals surface area contributed by atoms with Gasteiger partial charge in [-0.3, -0.25) is 9.59 Å². The van der Waals surface area contributed by atoms with Crippen LogP contribution in [0.2, 0.25) is 5.02 Å². The minimum Gasteiger partial charge on any atom is -0.338 e. The Morgan fingerprint density at radius 2 is 1.68 bits per heavy atom. The molecule has 3 aromatic rings. The molecule has 0 radical (unpaired) electrons. The van der Waals surface area contributed by atoms with Crippen LogP contribution in [0.5, 0.6) is 0 Å². The molecule has 0 aromatic heterocycles. The normalized spacial score (nSPS) is 14.3. The third-order valence-electron chi connectivity index (χ3n) is 6.99. The lowest BCUT2D eigenvalue weighted by atomic mass is 10.0. The number of sulfonamides is 1. The molecule has 0 bridgehead atoms. The van der Waals surface area contributed by atoms with Crippen LogP contribution in [-0.4, -0.2) is 66.6 Å². The molecular weight excluding hydrogens is 553 g/mol. The summed E-state index contributed by atoms with van der Waals surface area (Å²) in [4.78, 5) is 30.3. The molecule has 1 heterocycles. The summed E-state index contributed by atoms with van der Waals surface area (Å²) >= 11 is 6.06. The van der Waals surface area contributed by atoms with Crippen molar-refractivity contribution in [3.05, 3.63) is 101 Å². The van der Waals surface area contributed by atoms with Crippen LogP contribution in [0.1, 0.15) is 42.1 Å². The zero-order valence-electron chi connectivity index (χ0n) is 22.4. The van der Waals surface area contributed by atoms with Gasteiger partial charge in [0, 0.05) is 42.8 Å². The minimum atomic E-state index is -3.89. The Balaban J connectivity index is 1.54. The molecular formula is C30H33ClFN3O4S. The lowest BCUT2D eigenvalue weighted by Crippen LogP contribution is -2.51. The lowest BCUT2D eigenvalue weighted by Gasteiger charge is -2.39. The Kier molecular flexibility index (Phi) is 9.95. The highest BCUT2D eigenvalue weighted by atomic mass is 35.5. The molecule has 7 nitrogen and oxygen atoms in total. The second-order valence-corrected chi connectivity index (χ2v) is 12.2. The van der Waals surface area contributed by atoms with Gasteiger partial charge in [-0.25, -0.2) is 12.8 Å². The van der Waals surface area contributed by atoms with Crippen molar-refractivity contribution in [2.45, 2.75) is 43.7 Å². The summed E-state index contributed by atoms with van der Waals surface area (Å²) in [5, 5.41) is 0.481. The lowest BCUT2D eigenvalue weighted by molar-refractivity contribution is -0.135. The Morgan fingerprint density at radius 1 is 0.975 bits per heavy atom. The predicted molar refractivity (Wildman–Crippen MR) is 153 cm³/mol. The first-order valence-corrected chi connectivity index (χ1v) is 15.1. The number of carbonyl (C=O) groups is 2. The van der Waals surface area contributed by atoms with E-state index in [2.05, 4.69) is 0 Å². The molecule has 1 aliphatic heterocycles. The Labute approximate surface area is 240 Å². The first-order valence-electron chi connectivity index (χ1n) is 13.3. The largest absolute Gasteiger partial charge is 0.338 e. The van der Waals surface area contributed by atoms with Crippen LogP contribution in [-0.2, 0) is 21.4 Å². The number of piperidine rings is 1. The molecule has 40 heavy (non-hydrogen) atoms. The van der Waals surface area contributed by atoms with Crippen LogP contribution >= 0.6 is 11.6 Å². The summed E-state index contributed by atoms with van der Waals surface area (Å²) in [6.45, 7) is 2.68. The molecule has 1 saturated heterocycles. The highest BCUT2D eigenvalue weighted by Gasteiger charge is 2.33. The van der Waals surface area contributed by atoms with Gasteiger partial charge in [-0.05, 0) is 67.3 Å². The van der Waals surface area contributed by atoms with Crippen molar-refractivity contribution in [2.75, 3.05) is 26.2 Å². The van der Waals surface area contributed by atoms with Crippen molar-refractivity contribution in [3.8, 4) is 0 Å². The average molecular weight is 586 g/mol. The first-order chi connectivity index (χ1) is 19.2. The van der Waals surface area contributed by atoms with E-state index in [0.717, 1.165) is 0 Å². The molecule has 2 amide bonds. The van der Waals surface area contributed by atoms with Crippen LogP contribution in [0.25, 0.3) is 0 Å². The number of rotatable bonds is 10. The molecule has 0 saturated carbocycles. The average Bonchev–Trinajstić information content (AvgIpc) is 2.96. The number of likely N-dealkylation sites (tertiary alicyclic amines) is 1. The molecule has 0 atom stereocenters. The van der Waals surface area contributed by atoms with Gasteiger partial charge in [-0.2, -0.15) is 4.31 Å². The topological polar surface area (TPSA) is 78.0 Å². The molecule has 0 N–H and O–H groups in total. The molecule has 212 valence electrons. The van der Waals surface area contributed by atoms with Crippen LogP contribution in [0.4, 0.5) is 4.39 Å². The summed E-state index contributed by atoms with van der Waals surface area (Å²) in [6, 6.07) is 20.6. The quantitative estimate of drug-likeness (QED) is 0.327. The van der Waals surface area contributed by atoms with Gasteiger partial charge in [0.2, 0.25) is 15.9 Å². The molecule has 4 rings (SSSR count). The van der Waals surface area contributed by atoms with Gasteiger partial charge in [0.05, 0.1) is 11.4 Å². The summed E-state index contributed by atoms with van der Waals surface area (Å²) in [5.41, 5.74) is 1.11. The van der Waals surface area contributed by atoms with Crippen LogP contribution in [0.15, 0.2) is 83.8 Å². The molecule has 0 spiro atoms. The number of hydrogen-bond donors (Lipinski definition) is 0. The second kappa shape index (κ2) is 13.4. The van der Waals surface area contributed by atoms with E-state index in [9.17, 15) is 22.4 Å². The zero-order chi connectivity index (χ0) is 28.7. The fourth-order valence-corrected chi connectivity index (χ4v) is 6.65. The van der Waals surface area contributed by atoms with E-state index in [1.807, 2.05) is 6.92 Å². The molecule has 0 unspecified atom stereocenters. The zero-order valence-corrected chi connectivity index (χ0v) is 24.0. The molecule has 10 heteroatoms. The van der Waals surface area contributed by atoms with Crippen molar-refractivity contribution in [1.82, 2.24) is 14.1 Å². The van der Waals surface area contributed by atoms with Crippen molar-refractivity contribution in [1.29, 1.82) is 0 Å². The monoisotopic (exact) mass is 585 g/mol. The van der Waals surface area contributed by atoms with E-state index in [1.165, 1.54) is 28.6 Å². The SMILES string of the molecule is CCCN(CC(=O)N(Cc1cccc(F)c1)C1CCN(C(=O)c2cccc(Cl)c2)CC1)S(=O)(=O)c1ccccc1. The van der Waals surface area contributed by atoms with Crippen LogP contribution < -0.4 is 0 Å². The summed E-state index contributed by atoms with van der Waals surface area (Å²) in [5.74, 6) is -0.907. The van der Waals surface area contributed by atoms with Crippen molar-refractivity contribution in [3.63, 3.8) is 0 Å². The van der Waals surface area contributed by atoms with E-state index in [-0.39, 0.29) is 42.4 Å². The smallest absolute Gasteiger partial charge is 0.253 e. The van der Waals surface area contributed by atoms with Gasteiger partial charge in [-0.1, -0.05) is 54.9 Å². The third kappa shape index (κ3) is 7.27. The van der Waals surface area contributed by atoms with Gasteiger partial charge >= 0.3 is 0 Å². The van der Waals surface area contributed by atoms with Crippen molar-refractivity contribution in [2.24, 2.45) is 0 Å². The standard InChI is InChI=1S/C30H33ClFN3O4S/c1-2-16-34(40(38,39)28-12-4-3-5-13-28)22-29(36)35(21-23-8-6-11-26(32)19-23)27-14-17-33(18-15-27)30(37)24-9-7-10-25(31)20-24/h3-13,19-20,27H,2,14-18,21-22H2,1H3. The third-order valence-corrected chi connectivity index (χ3v) is 9.09. The van der Waals surface area contributed by atoms with Gasteiger partial charge in [0.1, 0.15) is 5.82 Å². The van der Waals surface area contributed by atoms with E-state index in [0.29, 0.717) is 48.5 Å². The summed E-state index contributed by atoms with van der Waals surface area (Å²) in [6.07, 6.45) is 1.55. The number of benzene rings is 3. The molecule has 3 aromatic carbocycles. The first kappa shape index (κ1) is 29.7. The fraction of sp³-hybridized carbons (Fsp3) is 0.333. The molecule has 1 aliphatic rings. The number of hydrogen-bond acceptors (Lipinski definition) is 4. The van der Waals surface area contributed by atoms with Crippen LogP contribution in [0.3, 0.4) is 0 Å². The number of carbonyl (C=O) groups excluding carboxylic acids is 2. The van der Waals surface area contributed by atoms with Gasteiger partial charge in [-0.15, -0.1) is 0 Å². The van der Waals surface area contributed by atoms with E-state index < -0.39 is 15.8 Å². The van der Waals surface area contributed by atoms with E-state index >= 15 is 0 Å². The van der Waals surface area contributed by atoms with Crippen molar-refractivity contribution < 1.29 is 22.4 Å². The maximum absolute atomic E-state index is 14.0. The number of nitrogens with zero attached hydrogens (tertiary/aromatic N) is 3. The Hall–Kier alpha value is -3.27. The van der Waals surface area contributed by atoms with Crippen molar-refractivity contribution >= 4 is 33.4 Å². The highest BCUT2D eigenvalue weighted by molar-refractivity contribution is 7.89. The Bertz CT molecular complexity index is 1430. The number of halogens is 2. The van der Waals surface area contributed by atoms with Gasteiger partial charge in [0.25, 0.3) is 5.91 Å². The maximum atomic E-state index is 14.0. The highest BCUT2D eigenvalue weighted by Crippen LogP contribution is 2.24. The van der Waals surface area contributed by atoms with Crippen LogP contribution in [0, 0.1) is 5.82 Å². The summed E-state index contributed by atoms with van der Waals surface area (Å²) < 4.78 is 42.0. The minimum absolute atomic E-state index is 0.126. The number of amides is 2. The van der Waals surface area contributed by atoms with Gasteiger partial charge in [0.15, 0.2) is 0 Å². The van der Waals surface area contributed by atoms with E-state index in [4.69, 9.17) is 11.6 Å². The molecule has 0 aliphatic carbocycles. The van der Waals surface area contributed by atoms with E-state index in [1.54, 1.807) is 64.4 Å². The molecule has 1 fully saturated rings. The fourth-order valence-electron chi connectivity index (χ4n) is 4.95. The van der Waals surface area contributed by atoms with Gasteiger partial charge < -0.3 is 9.80 Å². The predicted octanol–water partition coefficient (Wildman–Crippen LogP) is 5.21. The second-order valence-electron chi connectivity index (χ2n) is 9.84. The summed E-state index contributed by atoms with van der Waals surface area (Å²) in [7, 11) is -3.89.